The van der Waals surface area contributed by atoms with Gasteiger partial charge in [0.1, 0.15) is 12.6 Å². The normalized spacial score (nSPS) is 12.1. The summed E-state index contributed by atoms with van der Waals surface area (Å²) in [4.78, 5) is 29.7. The monoisotopic (exact) mass is 685 g/mol. The van der Waals surface area contributed by atoms with Crippen molar-refractivity contribution < 1.29 is 18.0 Å². The van der Waals surface area contributed by atoms with Gasteiger partial charge < -0.3 is 10.2 Å². The molecule has 236 valence electrons. The van der Waals surface area contributed by atoms with Crippen LogP contribution in [0.2, 0.25) is 15.1 Å². The van der Waals surface area contributed by atoms with Crippen molar-refractivity contribution in [3.8, 4) is 0 Å². The van der Waals surface area contributed by atoms with E-state index in [9.17, 15) is 18.0 Å². The van der Waals surface area contributed by atoms with Crippen LogP contribution in [0.15, 0.2) is 102 Å². The lowest BCUT2D eigenvalue weighted by Gasteiger charge is -2.34. The van der Waals surface area contributed by atoms with E-state index in [-0.39, 0.29) is 40.5 Å². The third kappa shape index (κ3) is 8.79. The molecule has 0 aliphatic carbocycles. The third-order valence-corrected chi connectivity index (χ3v) is 9.82. The molecule has 7 nitrogen and oxygen atoms in total. The van der Waals surface area contributed by atoms with E-state index in [1.165, 1.54) is 17.0 Å². The fraction of sp³-hybridized carbons (Fsp3) is 0.235. The molecule has 0 radical (unpaired) electrons. The fourth-order valence-corrected chi connectivity index (χ4v) is 6.95. The molecule has 4 rings (SSSR count). The summed E-state index contributed by atoms with van der Waals surface area (Å²) in [5.74, 6) is -0.961. The summed E-state index contributed by atoms with van der Waals surface area (Å²) in [7, 11) is -4.22. The molecule has 0 fully saturated rings. The van der Waals surface area contributed by atoms with E-state index in [1.54, 1.807) is 61.5 Å². The summed E-state index contributed by atoms with van der Waals surface area (Å²) in [5.41, 5.74) is 2.30. The summed E-state index contributed by atoms with van der Waals surface area (Å²) in [6.45, 7) is 4.78. The van der Waals surface area contributed by atoms with Crippen molar-refractivity contribution in [3.63, 3.8) is 0 Å². The molecule has 1 unspecified atom stereocenters. The smallest absolute Gasteiger partial charge is 0.264 e. The van der Waals surface area contributed by atoms with E-state index in [0.717, 1.165) is 9.87 Å². The molecule has 11 heteroatoms. The van der Waals surface area contributed by atoms with Crippen LogP contribution >= 0.6 is 34.8 Å². The molecule has 0 aliphatic rings. The highest BCUT2D eigenvalue weighted by Gasteiger charge is 2.35. The Balaban J connectivity index is 1.84. The Morgan fingerprint density at radius 2 is 1.44 bits per heavy atom. The van der Waals surface area contributed by atoms with Gasteiger partial charge in [-0.15, -0.1) is 0 Å². The Labute approximate surface area is 279 Å². The van der Waals surface area contributed by atoms with Crippen molar-refractivity contribution in [2.24, 2.45) is 0 Å². The van der Waals surface area contributed by atoms with Gasteiger partial charge in [-0.05, 0) is 79.9 Å². The van der Waals surface area contributed by atoms with Gasteiger partial charge in [-0.25, -0.2) is 8.42 Å². The molecule has 0 spiro atoms. The summed E-state index contributed by atoms with van der Waals surface area (Å²) in [5, 5.41) is 3.99. The van der Waals surface area contributed by atoms with Crippen molar-refractivity contribution in [1.82, 2.24) is 10.2 Å². The summed E-state index contributed by atoms with van der Waals surface area (Å²) in [6, 6.07) is 25.8. The van der Waals surface area contributed by atoms with Gasteiger partial charge in [-0.3, -0.25) is 13.9 Å². The lowest BCUT2D eigenvalue weighted by atomic mass is 10.0. The maximum Gasteiger partial charge on any atom is 0.264 e. The summed E-state index contributed by atoms with van der Waals surface area (Å²) in [6.07, 6.45) is 0.192. The van der Waals surface area contributed by atoms with Gasteiger partial charge in [0, 0.05) is 24.0 Å². The summed E-state index contributed by atoms with van der Waals surface area (Å²) >= 11 is 18.7. The molecule has 1 atom stereocenters. The summed E-state index contributed by atoms with van der Waals surface area (Å²) < 4.78 is 29.3. The van der Waals surface area contributed by atoms with E-state index in [1.807, 2.05) is 44.2 Å². The molecule has 0 heterocycles. The van der Waals surface area contributed by atoms with Crippen LogP contribution in [0.4, 0.5) is 5.69 Å². The maximum absolute atomic E-state index is 14.5. The molecule has 4 aromatic carbocycles. The van der Waals surface area contributed by atoms with Gasteiger partial charge in [0.05, 0.1) is 20.6 Å². The van der Waals surface area contributed by atoms with E-state index < -0.39 is 28.5 Å². The number of aryl methyl sites for hydroxylation is 1. The third-order valence-electron chi connectivity index (χ3n) is 7.08. The number of hydrogen-bond donors (Lipinski definition) is 1. The van der Waals surface area contributed by atoms with Crippen LogP contribution < -0.4 is 9.62 Å². The van der Waals surface area contributed by atoms with Crippen molar-refractivity contribution in [2.45, 2.75) is 50.7 Å². The Morgan fingerprint density at radius 3 is 2.04 bits per heavy atom. The van der Waals surface area contributed by atoms with Crippen molar-refractivity contribution in [3.05, 3.63) is 129 Å². The molecular formula is C34H34Cl3N3O4S. The van der Waals surface area contributed by atoms with Gasteiger partial charge in [0.2, 0.25) is 11.8 Å². The standard InChI is InChI=1S/C34H34Cl3N3O4S/c1-23(2)38-34(42)32(20-25-10-6-4-7-11-25)39(21-26-14-16-29(36)30(37)19-26)33(41)22-40(31-17-15-27(35)18-24(31)3)45(43,44)28-12-8-5-9-13-28/h4-19,23,32H,20-22H2,1-3H3,(H,38,42). The maximum atomic E-state index is 14.5. The molecule has 0 aromatic heterocycles. The molecule has 0 aliphatic heterocycles. The molecular weight excluding hydrogens is 653 g/mol. The van der Waals surface area contributed by atoms with E-state index >= 15 is 0 Å². The number of halogens is 3. The zero-order valence-electron chi connectivity index (χ0n) is 25.1. The van der Waals surface area contributed by atoms with E-state index in [0.29, 0.717) is 21.2 Å². The van der Waals surface area contributed by atoms with E-state index in [2.05, 4.69) is 5.32 Å². The molecule has 2 amide bonds. The number of anilines is 1. The van der Waals surface area contributed by atoms with Crippen LogP contribution in [0.1, 0.15) is 30.5 Å². The first kappa shape index (κ1) is 34.3. The first-order valence-electron chi connectivity index (χ1n) is 14.3. The van der Waals surface area contributed by atoms with Gasteiger partial charge in [0.15, 0.2) is 0 Å². The Morgan fingerprint density at radius 1 is 0.800 bits per heavy atom. The largest absolute Gasteiger partial charge is 0.352 e. The van der Waals surface area contributed by atoms with Crippen LogP contribution in [-0.4, -0.2) is 43.8 Å². The van der Waals surface area contributed by atoms with Crippen molar-refractivity contribution in [2.75, 3.05) is 10.8 Å². The Hall–Kier alpha value is -3.56. The molecule has 45 heavy (non-hydrogen) atoms. The predicted octanol–water partition coefficient (Wildman–Crippen LogP) is 7.32. The van der Waals surface area contributed by atoms with E-state index in [4.69, 9.17) is 34.8 Å². The first-order chi connectivity index (χ1) is 21.4. The van der Waals surface area contributed by atoms with Crippen molar-refractivity contribution in [1.29, 1.82) is 0 Å². The van der Waals surface area contributed by atoms with Crippen molar-refractivity contribution >= 4 is 62.3 Å². The lowest BCUT2D eigenvalue weighted by Crippen LogP contribution is -2.54. The SMILES string of the molecule is Cc1cc(Cl)ccc1N(CC(=O)N(Cc1ccc(Cl)c(Cl)c1)C(Cc1ccccc1)C(=O)NC(C)C)S(=O)(=O)c1ccccc1. The topological polar surface area (TPSA) is 86.8 Å². The first-order valence-corrected chi connectivity index (χ1v) is 16.9. The highest BCUT2D eigenvalue weighted by Crippen LogP contribution is 2.30. The zero-order valence-corrected chi connectivity index (χ0v) is 28.2. The predicted molar refractivity (Wildman–Crippen MR) is 181 cm³/mol. The minimum Gasteiger partial charge on any atom is -0.352 e. The number of rotatable bonds is 12. The Bertz CT molecular complexity index is 1750. The lowest BCUT2D eigenvalue weighted by molar-refractivity contribution is -0.140. The average molecular weight is 687 g/mol. The quantitative estimate of drug-likeness (QED) is 0.169. The highest BCUT2D eigenvalue weighted by atomic mass is 35.5. The minimum absolute atomic E-state index is 0.0153. The van der Waals surface area contributed by atoms with Crippen LogP contribution in [0, 0.1) is 6.92 Å². The number of nitrogens with zero attached hydrogens (tertiary/aromatic N) is 2. The number of benzene rings is 4. The van der Waals surface area contributed by atoms with Gasteiger partial charge in [-0.2, -0.15) is 0 Å². The molecule has 1 N–H and O–H groups in total. The number of carbonyl (C=O) groups is 2. The molecule has 0 saturated carbocycles. The van der Waals surface area contributed by atoms with Gasteiger partial charge >= 0.3 is 0 Å². The minimum atomic E-state index is -4.22. The van der Waals surface area contributed by atoms with Crippen LogP contribution in [-0.2, 0) is 32.6 Å². The average Bonchev–Trinajstić information content (AvgIpc) is 3.00. The highest BCUT2D eigenvalue weighted by molar-refractivity contribution is 7.92. The molecule has 0 bridgehead atoms. The van der Waals surface area contributed by atoms with Gasteiger partial charge in [0.25, 0.3) is 10.0 Å². The second-order valence-corrected chi connectivity index (χ2v) is 14.0. The zero-order chi connectivity index (χ0) is 32.7. The molecule has 4 aromatic rings. The molecule has 0 saturated heterocycles. The number of hydrogen-bond acceptors (Lipinski definition) is 4. The number of sulfonamides is 1. The number of amides is 2. The fourth-order valence-electron chi connectivity index (χ4n) is 4.90. The van der Waals surface area contributed by atoms with Gasteiger partial charge in [-0.1, -0.05) is 89.4 Å². The van der Waals surface area contributed by atoms with Crippen LogP contribution in [0.25, 0.3) is 0 Å². The number of nitrogens with one attached hydrogen (secondary N) is 1. The number of carbonyl (C=O) groups excluding carboxylic acids is 2. The van der Waals surface area contributed by atoms with Crippen LogP contribution in [0.3, 0.4) is 0 Å². The second-order valence-electron chi connectivity index (χ2n) is 10.9. The van der Waals surface area contributed by atoms with Crippen LogP contribution in [0.5, 0.6) is 0 Å². The second kappa shape index (κ2) is 15.1. The Kier molecular flexibility index (Phi) is 11.6.